The molecule has 0 N–H and O–H groups in total. The first-order valence-corrected chi connectivity index (χ1v) is 8.63. The number of nitriles is 1. The number of ether oxygens (including phenoxy) is 1. The minimum absolute atomic E-state index is 0.158. The highest BCUT2D eigenvalue weighted by Gasteiger charge is 2.32. The second-order valence-corrected chi connectivity index (χ2v) is 6.49. The van der Waals surface area contributed by atoms with Gasteiger partial charge in [-0.1, -0.05) is 12.1 Å². The van der Waals surface area contributed by atoms with Gasteiger partial charge < -0.3 is 4.74 Å². The van der Waals surface area contributed by atoms with Crippen LogP contribution in [0.5, 0.6) is 5.75 Å². The lowest BCUT2D eigenvalue weighted by molar-refractivity contribution is 0.0965. The molecule has 28 heavy (non-hydrogen) atoms. The second kappa shape index (κ2) is 6.03. The van der Waals surface area contributed by atoms with Crippen molar-refractivity contribution >= 4 is 16.8 Å². The summed E-state index contributed by atoms with van der Waals surface area (Å²) in [6.45, 7) is 0.158. The van der Waals surface area contributed by atoms with Gasteiger partial charge in [0.15, 0.2) is 0 Å². The van der Waals surface area contributed by atoms with E-state index >= 15 is 0 Å². The molecular formula is C22H12FN3O2. The van der Waals surface area contributed by atoms with Gasteiger partial charge in [0.2, 0.25) is 0 Å². The third-order valence-corrected chi connectivity index (χ3v) is 4.79. The molecule has 1 aliphatic rings. The summed E-state index contributed by atoms with van der Waals surface area (Å²) in [4.78, 5) is 17.6. The molecule has 2 aromatic carbocycles. The van der Waals surface area contributed by atoms with E-state index in [0.717, 1.165) is 5.56 Å². The molecule has 3 heterocycles. The summed E-state index contributed by atoms with van der Waals surface area (Å²) in [6.07, 6.45) is 1.69. The zero-order chi connectivity index (χ0) is 19.3. The zero-order valence-electron chi connectivity index (χ0n) is 14.5. The van der Waals surface area contributed by atoms with E-state index in [9.17, 15) is 14.4 Å². The molecular weight excluding hydrogens is 357 g/mol. The molecule has 1 aliphatic heterocycles. The maximum absolute atomic E-state index is 13.2. The Hall–Kier alpha value is -3.98. The van der Waals surface area contributed by atoms with E-state index < -0.39 is 0 Å². The average molecular weight is 369 g/mol. The van der Waals surface area contributed by atoms with Crippen molar-refractivity contribution in [2.45, 2.75) is 6.61 Å². The molecule has 0 amide bonds. The van der Waals surface area contributed by atoms with Gasteiger partial charge in [0.1, 0.15) is 29.4 Å². The second-order valence-electron chi connectivity index (χ2n) is 6.49. The number of carbonyl (C=O) groups is 1. The minimum Gasteiger partial charge on any atom is -0.487 e. The van der Waals surface area contributed by atoms with E-state index in [1.54, 1.807) is 42.6 Å². The SMILES string of the molecule is N#Cc1ccc2nc3c(c(OCc4ccc(F)cc4)c2c1)C(=O)n1cccc1-3. The van der Waals surface area contributed by atoms with Gasteiger partial charge >= 0.3 is 0 Å². The van der Waals surface area contributed by atoms with Crippen LogP contribution >= 0.6 is 0 Å². The number of carbonyl (C=O) groups excluding carboxylic acids is 1. The molecule has 0 fully saturated rings. The van der Waals surface area contributed by atoms with Gasteiger partial charge in [0, 0.05) is 11.6 Å². The van der Waals surface area contributed by atoms with Crippen molar-refractivity contribution in [3.05, 3.63) is 83.3 Å². The van der Waals surface area contributed by atoms with E-state index in [1.165, 1.54) is 16.7 Å². The van der Waals surface area contributed by atoms with Crippen LogP contribution in [0.25, 0.3) is 22.3 Å². The van der Waals surface area contributed by atoms with E-state index in [0.29, 0.717) is 39.2 Å². The maximum atomic E-state index is 13.2. The summed E-state index contributed by atoms with van der Waals surface area (Å²) in [5.74, 6) is -0.164. The van der Waals surface area contributed by atoms with Gasteiger partial charge in [0.25, 0.3) is 5.91 Å². The van der Waals surface area contributed by atoms with Gasteiger partial charge in [-0.3, -0.25) is 9.36 Å². The summed E-state index contributed by atoms with van der Waals surface area (Å²) >= 11 is 0. The Morgan fingerprint density at radius 1 is 1.14 bits per heavy atom. The van der Waals surface area contributed by atoms with Crippen molar-refractivity contribution < 1.29 is 13.9 Å². The smallest absolute Gasteiger partial charge is 0.268 e. The molecule has 6 heteroatoms. The molecule has 0 saturated carbocycles. The monoisotopic (exact) mass is 369 g/mol. The topological polar surface area (TPSA) is 67.9 Å². The Morgan fingerprint density at radius 3 is 2.75 bits per heavy atom. The number of pyridine rings is 1. The van der Waals surface area contributed by atoms with Crippen LogP contribution in [0.1, 0.15) is 21.5 Å². The van der Waals surface area contributed by atoms with Crippen molar-refractivity contribution in [1.82, 2.24) is 9.55 Å². The van der Waals surface area contributed by atoms with E-state index in [2.05, 4.69) is 11.1 Å². The fourth-order valence-corrected chi connectivity index (χ4v) is 3.44. The molecule has 0 aliphatic carbocycles. The van der Waals surface area contributed by atoms with E-state index in [1.807, 2.05) is 6.07 Å². The molecule has 0 atom stereocenters. The van der Waals surface area contributed by atoms with Crippen LogP contribution in [0.2, 0.25) is 0 Å². The van der Waals surface area contributed by atoms with Crippen molar-refractivity contribution in [3.8, 4) is 23.2 Å². The fourth-order valence-electron chi connectivity index (χ4n) is 3.44. The first-order valence-electron chi connectivity index (χ1n) is 8.63. The van der Waals surface area contributed by atoms with E-state index in [4.69, 9.17) is 4.74 Å². The number of hydrogen-bond acceptors (Lipinski definition) is 4. The Morgan fingerprint density at radius 2 is 1.96 bits per heavy atom. The third-order valence-electron chi connectivity index (χ3n) is 4.79. The van der Waals surface area contributed by atoms with Gasteiger partial charge in [-0.15, -0.1) is 0 Å². The van der Waals surface area contributed by atoms with Crippen LogP contribution in [0.3, 0.4) is 0 Å². The van der Waals surface area contributed by atoms with Gasteiger partial charge in [-0.2, -0.15) is 5.26 Å². The molecule has 0 spiro atoms. The number of halogens is 1. The van der Waals surface area contributed by atoms with Crippen molar-refractivity contribution in [3.63, 3.8) is 0 Å². The van der Waals surface area contributed by atoms with E-state index in [-0.39, 0.29) is 18.3 Å². The highest BCUT2D eigenvalue weighted by molar-refractivity contribution is 6.13. The molecule has 134 valence electrons. The Balaban J connectivity index is 1.69. The summed E-state index contributed by atoms with van der Waals surface area (Å²) < 4.78 is 20.7. The molecule has 0 bridgehead atoms. The summed E-state index contributed by atoms with van der Waals surface area (Å²) in [6, 6.07) is 16.8. The average Bonchev–Trinajstić information content (AvgIpc) is 3.30. The quantitative estimate of drug-likeness (QED) is 0.476. The molecule has 5 rings (SSSR count). The van der Waals surface area contributed by atoms with Gasteiger partial charge in [0.05, 0.1) is 22.8 Å². The standard InChI is InChI=1S/C22H12FN3O2/c23-15-6-3-13(4-7-15)12-28-21-16-10-14(11-24)5-8-17(16)25-20-18-2-1-9-26(18)22(27)19(20)21/h1-10H,12H2. The summed E-state index contributed by atoms with van der Waals surface area (Å²) in [5, 5.41) is 9.85. The minimum atomic E-state index is -0.327. The maximum Gasteiger partial charge on any atom is 0.268 e. The van der Waals surface area contributed by atoms with Crippen molar-refractivity contribution in [1.29, 1.82) is 5.26 Å². The van der Waals surface area contributed by atoms with Crippen LogP contribution in [-0.2, 0) is 6.61 Å². The molecule has 5 nitrogen and oxygen atoms in total. The summed E-state index contributed by atoms with van der Waals surface area (Å²) in [7, 11) is 0. The first-order chi connectivity index (χ1) is 13.7. The number of rotatable bonds is 3. The highest BCUT2D eigenvalue weighted by atomic mass is 19.1. The Bertz CT molecular complexity index is 1300. The van der Waals surface area contributed by atoms with Crippen LogP contribution in [0.15, 0.2) is 60.8 Å². The lowest BCUT2D eigenvalue weighted by atomic mass is 10.0. The number of fused-ring (bicyclic) bond motifs is 4. The largest absolute Gasteiger partial charge is 0.487 e. The number of hydrogen-bond donors (Lipinski definition) is 0. The number of nitrogens with zero attached hydrogens (tertiary/aromatic N) is 3. The normalized spacial score (nSPS) is 11.9. The molecule has 4 aromatic rings. The molecule has 0 unspecified atom stereocenters. The number of benzene rings is 2. The van der Waals surface area contributed by atoms with Crippen LogP contribution < -0.4 is 4.74 Å². The van der Waals surface area contributed by atoms with Crippen molar-refractivity contribution in [2.75, 3.05) is 0 Å². The predicted octanol–water partition coefficient (Wildman–Crippen LogP) is 4.29. The molecule has 2 aromatic heterocycles. The van der Waals surface area contributed by atoms with Crippen LogP contribution in [-0.4, -0.2) is 15.5 Å². The van der Waals surface area contributed by atoms with Crippen LogP contribution in [0.4, 0.5) is 4.39 Å². The fraction of sp³-hybridized carbons (Fsp3) is 0.0455. The first kappa shape index (κ1) is 16.2. The highest BCUT2D eigenvalue weighted by Crippen LogP contribution is 2.41. The van der Waals surface area contributed by atoms with Crippen molar-refractivity contribution in [2.24, 2.45) is 0 Å². The predicted molar refractivity (Wildman–Crippen MR) is 100 cm³/mol. The zero-order valence-corrected chi connectivity index (χ0v) is 14.5. The van der Waals surface area contributed by atoms with Gasteiger partial charge in [-0.05, 0) is 48.0 Å². The Labute approximate surface area is 159 Å². The lowest BCUT2D eigenvalue weighted by Gasteiger charge is -2.13. The molecule has 0 saturated heterocycles. The van der Waals surface area contributed by atoms with Gasteiger partial charge in [-0.25, -0.2) is 9.37 Å². The number of aromatic nitrogens is 2. The van der Waals surface area contributed by atoms with Crippen LogP contribution in [0, 0.1) is 17.1 Å². The lowest BCUT2D eigenvalue weighted by Crippen LogP contribution is -2.08. The summed E-state index contributed by atoms with van der Waals surface area (Å²) in [5.41, 5.74) is 3.49. The molecule has 0 radical (unpaired) electrons. The Kier molecular flexibility index (Phi) is 3.49. The third kappa shape index (κ3) is 2.37.